The molecule has 2 rings (SSSR count). The van der Waals surface area contributed by atoms with E-state index in [9.17, 15) is 4.79 Å². The first-order chi connectivity index (χ1) is 7.25. The number of carbonyl (C=O) groups excluding carboxylic acids is 1. The molecule has 0 bridgehead atoms. The summed E-state index contributed by atoms with van der Waals surface area (Å²) in [6.45, 7) is 0. The molecule has 0 aliphatic heterocycles. The average Bonchev–Trinajstić information content (AvgIpc) is 2.70. The molecule has 4 N–H and O–H groups in total. The zero-order chi connectivity index (χ0) is 10.7. The maximum absolute atomic E-state index is 11.7. The van der Waals surface area contributed by atoms with E-state index in [1.807, 2.05) is 6.07 Å². The lowest BCUT2D eigenvalue weighted by Gasteiger charge is -2.27. The lowest BCUT2D eigenvalue weighted by atomic mass is 9.91. The Hall–Kier alpha value is -1.00. The van der Waals surface area contributed by atoms with Crippen LogP contribution in [0.5, 0.6) is 0 Å². The van der Waals surface area contributed by atoms with Gasteiger partial charge < -0.3 is 16.0 Å². The molecule has 0 aromatic carbocycles. The first kappa shape index (κ1) is 13.1. The minimum Gasteiger partial charge on any atom is -0.357 e. The van der Waals surface area contributed by atoms with Crippen LogP contribution in [0.4, 0.5) is 0 Å². The van der Waals surface area contributed by atoms with Crippen molar-refractivity contribution in [1.82, 2.24) is 10.3 Å². The third-order valence-corrected chi connectivity index (χ3v) is 2.89. The molecule has 1 aromatic heterocycles. The second-order valence-electron chi connectivity index (χ2n) is 4.18. The predicted molar refractivity (Wildman–Crippen MR) is 65.7 cm³/mol. The summed E-state index contributed by atoms with van der Waals surface area (Å²) in [7, 11) is 0. The fourth-order valence-electron chi connectivity index (χ4n) is 2.09. The quantitative estimate of drug-likeness (QED) is 0.736. The van der Waals surface area contributed by atoms with Crippen LogP contribution in [0, 0.1) is 0 Å². The Morgan fingerprint density at radius 1 is 1.50 bits per heavy atom. The molecular weight excluding hydrogens is 226 g/mol. The number of rotatable bonds is 2. The molecule has 0 radical (unpaired) electrons. The van der Waals surface area contributed by atoms with E-state index >= 15 is 0 Å². The molecule has 1 saturated carbocycles. The van der Waals surface area contributed by atoms with Crippen molar-refractivity contribution in [3.63, 3.8) is 0 Å². The summed E-state index contributed by atoms with van der Waals surface area (Å²) in [5.74, 6) is -0.0286. The highest BCUT2D eigenvalue weighted by Crippen LogP contribution is 2.17. The number of hydrogen-bond acceptors (Lipinski definition) is 2. The largest absolute Gasteiger partial charge is 0.357 e. The van der Waals surface area contributed by atoms with E-state index in [0.29, 0.717) is 5.69 Å². The number of H-pyrrole nitrogens is 1. The van der Waals surface area contributed by atoms with Crippen LogP contribution in [0.1, 0.15) is 36.2 Å². The van der Waals surface area contributed by atoms with Crippen LogP contribution in [0.25, 0.3) is 0 Å². The third kappa shape index (κ3) is 3.25. The van der Waals surface area contributed by atoms with Gasteiger partial charge >= 0.3 is 0 Å². The molecule has 90 valence electrons. The van der Waals surface area contributed by atoms with Crippen molar-refractivity contribution < 1.29 is 4.79 Å². The van der Waals surface area contributed by atoms with Gasteiger partial charge in [-0.1, -0.05) is 0 Å². The van der Waals surface area contributed by atoms with E-state index < -0.39 is 0 Å². The van der Waals surface area contributed by atoms with Crippen molar-refractivity contribution in [1.29, 1.82) is 0 Å². The number of aromatic nitrogens is 1. The fraction of sp³-hybridized carbons (Fsp3) is 0.545. The molecule has 5 heteroatoms. The molecule has 1 amide bonds. The number of amides is 1. The lowest BCUT2D eigenvalue weighted by molar-refractivity contribution is 0.0921. The van der Waals surface area contributed by atoms with E-state index in [2.05, 4.69) is 10.3 Å². The molecule has 2 atom stereocenters. The van der Waals surface area contributed by atoms with Gasteiger partial charge in [-0.05, 0) is 37.8 Å². The Labute approximate surface area is 101 Å². The highest BCUT2D eigenvalue weighted by atomic mass is 35.5. The molecule has 2 unspecified atom stereocenters. The number of halogens is 1. The summed E-state index contributed by atoms with van der Waals surface area (Å²) >= 11 is 0. The maximum atomic E-state index is 11.7. The summed E-state index contributed by atoms with van der Waals surface area (Å²) in [5.41, 5.74) is 6.48. The summed E-state index contributed by atoms with van der Waals surface area (Å²) in [6, 6.07) is 4.08. The minimum absolute atomic E-state index is 0. The van der Waals surface area contributed by atoms with Gasteiger partial charge in [0, 0.05) is 18.3 Å². The molecule has 1 heterocycles. The molecule has 0 spiro atoms. The van der Waals surface area contributed by atoms with Gasteiger partial charge in [0.15, 0.2) is 0 Å². The standard InChI is InChI=1S/C11H17N3O.ClH/c12-8-3-1-4-9(7-8)14-11(15)10-5-2-6-13-10;/h2,5-6,8-9,13H,1,3-4,7,12H2,(H,14,15);1H. The smallest absolute Gasteiger partial charge is 0.267 e. The molecule has 4 nitrogen and oxygen atoms in total. The van der Waals surface area contributed by atoms with Gasteiger partial charge in [0.05, 0.1) is 0 Å². The van der Waals surface area contributed by atoms with Crippen molar-refractivity contribution in [3.05, 3.63) is 24.0 Å². The van der Waals surface area contributed by atoms with Crippen molar-refractivity contribution in [2.75, 3.05) is 0 Å². The maximum Gasteiger partial charge on any atom is 0.267 e. The number of hydrogen-bond donors (Lipinski definition) is 3. The van der Waals surface area contributed by atoms with Crippen molar-refractivity contribution in [3.8, 4) is 0 Å². The molecule has 1 aliphatic carbocycles. The Morgan fingerprint density at radius 2 is 2.31 bits per heavy atom. The highest BCUT2D eigenvalue weighted by Gasteiger charge is 2.21. The molecular formula is C11H18ClN3O. The van der Waals surface area contributed by atoms with Gasteiger partial charge in [-0.2, -0.15) is 0 Å². The first-order valence-corrected chi connectivity index (χ1v) is 5.45. The van der Waals surface area contributed by atoms with E-state index in [0.717, 1.165) is 25.7 Å². The normalized spacial score (nSPS) is 24.6. The zero-order valence-electron chi connectivity index (χ0n) is 9.11. The van der Waals surface area contributed by atoms with Gasteiger partial charge in [0.25, 0.3) is 5.91 Å². The van der Waals surface area contributed by atoms with Crippen LogP contribution in [0.15, 0.2) is 18.3 Å². The summed E-state index contributed by atoms with van der Waals surface area (Å²) in [4.78, 5) is 14.6. The Balaban J connectivity index is 0.00000128. The predicted octanol–water partition coefficient (Wildman–Crippen LogP) is 1.44. The van der Waals surface area contributed by atoms with E-state index in [1.165, 1.54) is 0 Å². The van der Waals surface area contributed by atoms with Crippen molar-refractivity contribution in [2.45, 2.75) is 37.8 Å². The summed E-state index contributed by atoms with van der Waals surface area (Å²) in [5, 5.41) is 3.00. The van der Waals surface area contributed by atoms with E-state index in [-0.39, 0.29) is 30.4 Å². The Morgan fingerprint density at radius 3 is 2.94 bits per heavy atom. The van der Waals surface area contributed by atoms with Crippen molar-refractivity contribution in [2.24, 2.45) is 5.73 Å². The Bertz CT molecular complexity index is 326. The number of nitrogens with one attached hydrogen (secondary N) is 2. The monoisotopic (exact) mass is 243 g/mol. The molecule has 1 fully saturated rings. The number of aromatic amines is 1. The van der Waals surface area contributed by atoms with Crippen LogP contribution in [-0.2, 0) is 0 Å². The second kappa shape index (κ2) is 5.92. The van der Waals surface area contributed by atoms with Crippen LogP contribution in [-0.4, -0.2) is 23.0 Å². The van der Waals surface area contributed by atoms with Gasteiger partial charge in [0.1, 0.15) is 5.69 Å². The molecule has 1 aliphatic rings. The average molecular weight is 244 g/mol. The Kier molecular flexibility index (Phi) is 4.83. The highest BCUT2D eigenvalue weighted by molar-refractivity contribution is 5.92. The van der Waals surface area contributed by atoms with Crippen LogP contribution < -0.4 is 11.1 Å². The van der Waals surface area contributed by atoms with Crippen LogP contribution >= 0.6 is 12.4 Å². The number of nitrogens with two attached hydrogens (primary N) is 1. The first-order valence-electron chi connectivity index (χ1n) is 5.45. The molecule has 0 saturated heterocycles. The summed E-state index contributed by atoms with van der Waals surface area (Å²) < 4.78 is 0. The molecule has 1 aromatic rings. The van der Waals surface area contributed by atoms with Gasteiger partial charge in [-0.3, -0.25) is 4.79 Å². The second-order valence-corrected chi connectivity index (χ2v) is 4.18. The number of carbonyl (C=O) groups is 1. The van der Waals surface area contributed by atoms with E-state index in [1.54, 1.807) is 12.3 Å². The van der Waals surface area contributed by atoms with Crippen molar-refractivity contribution >= 4 is 18.3 Å². The zero-order valence-corrected chi connectivity index (χ0v) is 9.93. The van der Waals surface area contributed by atoms with E-state index in [4.69, 9.17) is 5.73 Å². The minimum atomic E-state index is -0.0286. The SMILES string of the molecule is Cl.NC1CCCC(NC(=O)c2ccc[nH]2)C1. The van der Waals surface area contributed by atoms with Crippen LogP contribution in [0.2, 0.25) is 0 Å². The summed E-state index contributed by atoms with van der Waals surface area (Å²) in [6.07, 6.45) is 5.87. The fourth-order valence-corrected chi connectivity index (χ4v) is 2.09. The van der Waals surface area contributed by atoms with Gasteiger partial charge in [-0.25, -0.2) is 0 Å². The third-order valence-electron chi connectivity index (χ3n) is 2.89. The van der Waals surface area contributed by atoms with Crippen LogP contribution in [0.3, 0.4) is 0 Å². The van der Waals surface area contributed by atoms with Gasteiger partial charge in [-0.15, -0.1) is 12.4 Å². The lowest BCUT2D eigenvalue weighted by Crippen LogP contribution is -2.42. The van der Waals surface area contributed by atoms with Gasteiger partial charge in [0.2, 0.25) is 0 Å². The topological polar surface area (TPSA) is 70.9 Å². The molecule has 16 heavy (non-hydrogen) atoms.